The fourth-order valence-electron chi connectivity index (χ4n) is 2.25. The van der Waals surface area contributed by atoms with Crippen LogP contribution < -0.4 is 11.1 Å². The van der Waals surface area contributed by atoms with Crippen molar-refractivity contribution >= 4 is 11.6 Å². The molecule has 0 atom stereocenters. The van der Waals surface area contributed by atoms with E-state index in [1.165, 1.54) is 0 Å². The number of nitrogens with one attached hydrogen (secondary N) is 1. The molecule has 1 saturated carbocycles. The number of anilines is 1. The third kappa shape index (κ3) is 3.09. The smallest absolute Gasteiger partial charge is 0.226 e. The van der Waals surface area contributed by atoms with E-state index in [9.17, 15) is 4.79 Å². The molecule has 1 amide bonds. The molecule has 18 heavy (non-hydrogen) atoms. The van der Waals surface area contributed by atoms with E-state index in [1.54, 1.807) is 7.11 Å². The summed E-state index contributed by atoms with van der Waals surface area (Å²) in [6.07, 6.45) is 3.42. The highest BCUT2D eigenvalue weighted by molar-refractivity contribution is 5.92. The molecular weight excluding hydrogens is 228 g/mol. The van der Waals surface area contributed by atoms with Gasteiger partial charge in [-0.05, 0) is 25.3 Å². The molecule has 0 aromatic heterocycles. The van der Waals surface area contributed by atoms with E-state index in [4.69, 9.17) is 10.5 Å². The number of hydrogen-bond donors (Lipinski definition) is 2. The topological polar surface area (TPSA) is 64.3 Å². The summed E-state index contributed by atoms with van der Waals surface area (Å²) in [6.45, 7) is 0.490. The number of carbonyl (C=O) groups is 1. The van der Waals surface area contributed by atoms with Gasteiger partial charge in [0.05, 0.1) is 6.61 Å². The molecule has 4 nitrogen and oxygen atoms in total. The highest BCUT2D eigenvalue weighted by Crippen LogP contribution is 2.32. The van der Waals surface area contributed by atoms with Crippen LogP contribution in [0, 0.1) is 0 Å². The Bertz CT molecular complexity index is 428. The Kier molecular flexibility index (Phi) is 3.99. The third-order valence-corrected chi connectivity index (χ3v) is 3.45. The molecule has 3 N–H and O–H groups in total. The van der Waals surface area contributed by atoms with Gasteiger partial charge in [0.1, 0.15) is 0 Å². The number of ether oxygens (including phenoxy) is 1. The van der Waals surface area contributed by atoms with Crippen molar-refractivity contribution in [2.75, 3.05) is 12.4 Å². The number of amides is 1. The summed E-state index contributed by atoms with van der Waals surface area (Å²) >= 11 is 0. The first kappa shape index (κ1) is 13.1. The first-order valence-corrected chi connectivity index (χ1v) is 6.28. The van der Waals surface area contributed by atoms with Crippen molar-refractivity contribution < 1.29 is 9.53 Å². The summed E-state index contributed by atoms with van der Waals surface area (Å²) in [5.74, 6) is -0.0132. The van der Waals surface area contributed by atoms with Crippen LogP contribution >= 0.6 is 0 Å². The van der Waals surface area contributed by atoms with Crippen LogP contribution in [-0.4, -0.2) is 18.6 Å². The van der Waals surface area contributed by atoms with Gasteiger partial charge in [-0.25, -0.2) is 0 Å². The monoisotopic (exact) mass is 248 g/mol. The average molecular weight is 248 g/mol. The molecule has 1 fully saturated rings. The SMILES string of the molecule is COCc1ccccc1NC(=O)CC1(N)CCC1. The van der Waals surface area contributed by atoms with E-state index in [2.05, 4.69) is 5.32 Å². The molecule has 98 valence electrons. The van der Waals surface area contributed by atoms with Crippen LogP contribution in [-0.2, 0) is 16.1 Å². The van der Waals surface area contributed by atoms with Gasteiger partial charge in [-0.1, -0.05) is 18.2 Å². The minimum atomic E-state index is -0.277. The van der Waals surface area contributed by atoms with Gasteiger partial charge in [0.15, 0.2) is 0 Å². The molecule has 4 heteroatoms. The largest absolute Gasteiger partial charge is 0.380 e. The van der Waals surface area contributed by atoms with Gasteiger partial charge in [0.2, 0.25) is 5.91 Å². The third-order valence-electron chi connectivity index (χ3n) is 3.45. The minimum absolute atomic E-state index is 0.0132. The molecule has 2 rings (SSSR count). The first-order chi connectivity index (χ1) is 8.63. The molecular formula is C14H20N2O2. The Morgan fingerprint density at radius 2 is 2.17 bits per heavy atom. The molecule has 0 bridgehead atoms. The van der Waals surface area contributed by atoms with Gasteiger partial charge >= 0.3 is 0 Å². The number of hydrogen-bond acceptors (Lipinski definition) is 3. The molecule has 1 aliphatic carbocycles. The normalized spacial score (nSPS) is 17.0. The number of nitrogens with two attached hydrogens (primary N) is 1. The van der Waals surface area contributed by atoms with Gasteiger partial charge in [0, 0.05) is 30.3 Å². The standard InChI is InChI=1S/C14H20N2O2/c1-18-10-11-5-2-3-6-12(11)16-13(17)9-14(15)7-4-8-14/h2-3,5-6H,4,7-10,15H2,1H3,(H,16,17). The fourth-order valence-corrected chi connectivity index (χ4v) is 2.25. The van der Waals surface area contributed by atoms with E-state index >= 15 is 0 Å². The molecule has 1 aromatic rings. The Morgan fingerprint density at radius 3 is 2.78 bits per heavy atom. The van der Waals surface area contributed by atoms with Gasteiger partial charge < -0.3 is 15.8 Å². The zero-order chi connectivity index (χ0) is 13.0. The van der Waals surface area contributed by atoms with E-state index < -0.39 is 0 Å². The highest BCUT2D eigenvalue weighted by atomic mass is 16.5. The highest BCUT2D eigenvalue weighted by Gasteiger charge is 2.34. The Balaban J connectivity index is 1.97. The zero-order valence-electron chi connectivity index (χ0n) is 10.7. The molecule has 0 saturated heterocycles. The van der Waals surface area contributed by atoms with Gasteiger partial charge in [0.25, 0.3) is 0 Å². The van der Waals surface area contributed by atoms with Crippen LogP contribution in [0.1, 0.15) is 31.2 Å². The van der Waals surface area contributed by atoms with E-state index in [-0.39, 0.29) is 11.4 Å². The predicted molar refractivity (Wildman–Crippen MR) is 71.2 cm³/mol. The van der Waals surface area contributed by atoms with Crippen LogP contribution in [0.2, 0.25) is 0 Å². The maximum atomic E-state index is 11.9. The molecule has 1 aromatic carbocycles. The van der Waals surface area contributed by atoms with Gasteiger partial charge in [-0.15, -0.1) is 0 Å². The summed E-state index contributed by atoms with van der Waals surface area (Å²) in [5.41, 5.74) is 7.58. The molecule has 0 spiro atoms. The second-order valence-corrected chi connectivity index (χ2v) is 5.03. The van der Waals surface area contributed by atoms with Gasteiger partial charge in [-0.3, -0.25) is 4.79 Å². The number of carbonyl (C=O) groups excluding carboxylic acids is 1. The van der Waals surface area contributed by atoms with E-state index in [0.717, 1.165) is 30.5 Å². The summed E-state index contributed by atoms with van der Waals surface area (Å²) in [5, 5.41) is 2.92. The first-order valence-electron chi connectivity index (χ1n) is 6.28. The van der Waals surface area contributed by atoms with Crippen molar-refractivity contribution in [1.29, 1.82) is 0 Å². The lowest BCUT2D eigenvalue weighted by atomic mass is 9.75. The number of rotatable bonds is 5. The molecule has 0 heterocycles. The van der Waals surface area contributed by atoms with Crippen LogP contribution in [0.3, 0.4) is 0 Å². The molecule has 0 aliphatic heterocycles. The van der Waals surface area contributed by atoms with Crippen molar-refractivity contribution in [3.05, 3.63) is 29.8 Å². The minimum Gasteiger partial charge on any atom is -0.380 e. The molecule has 1 aliphatic rings. The number of methoxy groups -OCH3 is 1. The van der Waals surface area contributed by atoms with Crippen molar-refractivity contribution in [2.24, 2.45) is 5.73 Å². The zero-order valence-corrected chi connectivity index (χ0v) is 10.7. The summed E-state index contributed by atoms with van der Waals surface area (Å²) in [6, 6.07) is 7.66. The maximum Gasteiger partial charge on any atom is 0.226 e. The Labute approximate surface area is 108 Å². The second kappa shape index (κ2) is 5.50. The average Bonchev–Trinajstić information content (AvgIpc) is 2.30. The summed E-state index contributed by atoms with van der Waals surface area (Å²) in [7, 11) is 1.64. The van der Waals surface area contributed by atoms with Crippen molar-refractivity contribution in [3.8, 4) is 0 Å². The van der Waals surface area contributed by atoms with Crippen molar-refractivity contribution in [1.82, 2.24) is 0 Å². The molecule has 0 radical (unpaired) electrons. The van der Waals surface area contributed by atoms with Crippen LogP contribution in [0.4, 0.5) is 5.69 Å². The quantitative estimate of drug-likeness (QED) is 0.838. The predicted octanol–water partition coefficient (Wildman–Crippen LogP) is 2.04. The molecule has 0 unspecified atom stereocenters. The number of benzene rings is 1. The van der Waals surface area contributed by atoms with Crippen molar-refractivity contribution in [2.45, 2.75) is 37.8 Å². The van der Waals surface area contributed by atoms with Crippen molar-refractivity contribution in [3.63, 3.8) is 0 Å². The van der Waals surface area contributed by atoms with E-state index in [0.29, 0.717) is 13.0 Å². The van der Waals surface area contributed by atoms with Gasteiger partial charge in [-0.2, -0.15) is 0 Å². The lowest BCUT2D eigenvalue weighted by Crippen LogP contribution is -2.48. The Hall–Kier alpha value is -1.39. The maximum absolute atomic E-state index is 11.9. The summed E-state index contributed by atoms with van der Waals surface area (Å²) < 4.78 is 5.11. The van der Waals surface area contributed by atoms with Crippen LogP contribution in [0.15, 0.2) is 24.3 Å². The van der Waals surface area contributed by atoms with Crippen LogP contribution in [0.25, 0.3) is 0 Å². The second-order valence-electron chi connectivity index (χ2n) is 5.03. The van der Waals surface area contributed by atoms with E-state index in [1.807, 2.05) is 24.3 Å². The number of para-hydroxylation sites is 1. The van der Waals surface area contributed by atoms with Crippen LogP contribution in [0.5, 0.6) is 0 Å². The summed E-state index contributed by atoms with van der Waals surface area (Å²) in [4.78, 5) is 11.9. The lowest BCUT2D eigenvalue weighted by Gasteiger charge is -2.37. The lowest BCUT2D eigenvalue weighted by molar-refractivity contribution is -0.118. The Morgan fingerprint density at radius 1 is 1.44 bits per heavy atom. The fraction of sp³-hybridized carbons (Fsp3) is 0.500.